The van der Waals surface area contributed by atoms with Gasteiger partial charge in [-0.2, -0.15) is 4.98 Å². The van der Waals surface area contributed by atoms with Gasteiger partial charge in [-0.15, -0.1) is 12.4 Å². The predicted molar refractivity (Wildman–Crippen MR) is 94.2 cm³/mol. The monoisotopic (exact) mass is 334 g/mol. The lowest BCUT2D eigenvalue weighted by atomic mass is 10.2. The Kier molecular flexibility index (Phi) is 6.19. The Bertz CT molecular complexity index is 621. The summed E-state index contributed by atoms with van der Waals surface area (Å²) in [5, 5.41) is 3.27. The van der Waals surface area contributed by atoms with E-state index in [1.807, 2.05) is 12.3 Å². The second-order valence-electron chi connectivity index (χ2n) is 5.71. The molecule has 3 rings (SSSR count). The van der Waals surface area contributed by atoms with E-state index in [9.17, 15) is 0 Å². The largest absolute Gasteiger partial charge is 0.475 e. The van der Waals surface area contributed by atoms with Crippen LogP contribution in [0, 0.1) is 0 Å². The molecule has 2 heterocycles. The molecule has 0 fully saturated rings. The van der Waals surface area contributed by atoms with Crippen molar-refractivity contribution in [3.8, 4) is 5.88 Å². The SMILES string of the molecule is CC(C)N(Cc1ccccc1)c1cnc2c(n1)OCCNC2.Cl. The molecule has 5 nitrogen and oxygen atoms in total. The number of nitrogens with zero attached hydrogens (tertiary/aromatic N) is 3. The fraction of sp³-hybridized carbons (Fsp3) is 0.412. The van der Waals surface area contributed by atoms with Crippen molar-refractivity contribution in [1.82, 2.24) is 15.3 Å². The first-order chi connectivity index (χ1) is 10.7. The first-order valence-corrected chi connectivity index (χ1v) is 7.74. The third-order valence-corrected chi connectivity index (χ3v) is 3.72. The van der Waals surface area contributed by atoms with E-state index in [1.54, 1.807) is 0 Å². The van der Waals surface area contributed by atoms with E-state index >= 15 is 0 Å². The molecular weight excluding hydrogens is 312 g/mol. The van der Waals surface area contributed by atoms with E-state index in [0.29, 0.717) is 25.1 Å². The zero-order chi connectivity index (χ0) is 15.4. The minimum atomic E-state index is 0. The lowest BCUT2D eigenvalue weighted by molar-refractivity contribution is 0.313. The Morgan fingerprint density at radius 3 is 2.78 bits per heavy atom. The van der Waals surface area contributed by atoms with E-state index in [1.165, 1.54) is 5.56 Å². The van der Waals surface area contributed by atoms with Crippen LogP contribution in [0.3, 0.4) is 0 Å². The van der Waals surface area contributed by atoms with Crippen molar-refractivity contribution in [2.24, 2.45) is 0 Å². The number of anilines is 1. The van der Waals surface area contributed by atoms with Crippen LogP contribution < -0.4 is 15.0 Å². The quantitative estimate of drug-likeness (QED) is 0.931. The molecule has 1 aliphatic rings. The van der Waals surface area contributed by atoms with Gasteiger partial charge >= 0.3 is 0 Å². The molecule has 0 bridgehead atoms. The fourth-order valence-electron chi connectivity index (χ4n) is 2.50. The number of nitrogens with one attached hydrogen (secondary N) is 1. The van der Waals surface area contributed by atoms with Gasteiger partial charge in [-0.05, 0) is 19.4 Å². The summed E-state index contributed by atoms with van der Waals surface area (Å²) in [4.78, 5) is 11.5. The van der Waals surface area contributed by atoms with Crippen molar-refractivity contribution >= 4 is 18.2 Å². The minimum absolute atomic E-state index is 0. The van der Waals surface area contributed by atoms with Crippen LogP contribution in [-0.4, -0.2) is 29.2 Å². The van der Waals surface area contributed by atoms with Crippen molar-refractivity contribution in [1.29, 1.82) is 0 Å². The number of benzene rings is 1. The van der Waals surface area contributed by atoms with Crippen molar-refractivity contribution < 1.29 is 4.74 Å². The van der Waals surface area contributed by atoms with E-state index < -0.39 is 0 Å². The van der Waals surface area contributed by atoms with Crippen LogP contribution in [0.4, 0.5) is 5.82 Å². The third-order valence-electron chi connectivity index (χ3n) is 3.72. The van der Waals surface area contributed by atoms with Gasteiger partial charge in [0.1, 0.15) is 12.3 Å². The van der Waals surface area contributed by atoms with Crippen molar-refractivity contribution in [3.63, 3.8) is 0 Å². The summed E-state index contributed by atoms with van der Waals surface area (Å²) < 4.78 is 5.71. The molecule has 6 heteroatoms. The Labute approximate surface area is 143 Å². The van der Waals surface area contributed by atoms with Gasteiger partial charge in [0, 0.05) is 25.7 Å². The highest BCUT2D eigenvalue weighted by Crippen LogP contribution is 2.23. The first-order valence-electron chi connectivity index (χ1n) is 7.74. The summed E-state index contributed by atoms with van der Waals surface area (Å²) >= 11 is 0. The first kappa shape index (κ1) is 17.5. The molecule has 2 aromatic rings. The van der Waals surface area contributed by atoms with Gasteiger partial charge in [0.15, 0.2) is 5.82 Å². The van der Waals surface area contributed by atoms with Gasteiger partial charge in [0.25, 0.3) is 0 Å². The number of hydrogen-bond acceptors (Lipinski definition) is 5. The zero-order valence-electron chi connectivity index (χ0n) is 13.5. The standard InChI is InChI=1S/C17H22N4O.ClH/c1-13(2)21(12-14-6-4-3-5-7-14)16-11-19-15-10-18-8-9-22-17(15)20-16;/h3-7,11,13,18H,8-10,12H2,1-2H3;1H. The van der Waals surface area contributed by atoms with E-state index in [0.717, 1.165) is 24.6 Å². The number of halogens is 1. The number of ether oxygens (including phenoxy) is 1. The third kappa shape index (κ3) is 4.33. The average Bonchev–Trinajstić information content (AvgIpc) is 2.78. The number of rotatable bonds is 4. The van der Waals surface area contributed by atoms with Gasteiger partial charge in [0.05, 0.1) is 6.20 Å². The van der Waals surface area contributed by atoms with Crippen LogP contribution in [0.2, 0.25) is 0 Å². The summed E-state index contributed by atoms with van der Waals surface area (Å²) in [5.74, 6) is 1.51. The zero-order valence-corrected chi connectivity index (χ0v) is 14.3. The van der Waals surface area contributed by atoms with Crippen molar-refractivity contribution in [2.75, 3.05) is 18.1 Å². The van der Waals surface area contributed by atoms with Crippen LogP contribution in [-0.2, 0) is 13.1 Å². The van der Waals surface area contributed by atoms with Gasteiger partial charge in [-0.1, -0.05) is 30.3 Å². The van der Waals surface area contributed by atoms with E-state index in [4.69, 9.17) is 9.72 Å². The summed E-state index contributed by atoms with van der Waals surface area (Å²) in [5.41, 5.74) is 2.14. The summed E-state index contributed by atoms with van der Waals surface area (Å²) in [7, 11) is 0. The summed E-state index contributed by atoms with van der Waals surface area (Å²) in [6.45, 7) is 7.31. The summed E-state index contributed by atoms with van der Waals surface area (Å²) in [6.07, 6.45) is 1.85. The van der Waals surface area contributed by atoms with Crippen LogP contribution in [0.15, 0.2) is 36.5 Å². The molecule has 23 heavy (non-hydrogen) atoms. The highest BCUT2D eigenvalue weighted by Gasteiger charge is 2.17. The van der Waals surface area contributed by atoms with Gasteiger partial charge in [-0.25, -0.2) is 0 Å². The molecule has 0 unspecified atom stereocenters. The van der Waals surface area contributed by atoms with Crippen LogP contribution >= 0.6 is 12.4 Å². The van der Waals surface area contributed by atoms with Crippen LogP contribution in [0.5, 0.6) is 5.88 Å². The lowest BCUT2D eigenvalue weighted by Gasteiger charge is -2.28. The molecule has 0 aliphatic carbocycles. The van der Waals surface area contributed by atoms with Gasteiger partial charge in [-0.3, -0.25) is 4.98 Å². The molecule has 1 aromatic carbocycles. The Morgan fingerprint density at radius 2 is 2.04 bits per heavy atom. The second kappa shape index (κ2) is 8.13. The van der Waals surface area contributed by atoms with Gasteiger partial charge < -0.3 is 15.0 Å². The summed E-state index contributed by atoms with van der Waals surface area (Å²) in [6, 6.07) is 10.7. The average molecular weight is 335 g/mol. The Morgan fingerprint density at radius 1 is 1.26 bits per heavy atom. The maximum atomic E-state index is 5.71. The highest BCUT2D eigenvalue weighted by atomic mass is 35.5. The molecule has 124 valence electrons. The molecule has 0 saturated carbocycles. The molecule has 1 aliphatic heterocycles. The second-order valence-corrected chi connectivity index (χ2v) is 5.71. The van der Waals surface area contributed by atoms with Crippen molar-refractivity contribution in [2.45, 2.75) is 33.0 Å². The molecular formula is C17H23ClN4O. The molecule has 1 N–H and O–H groups in total. The normalized spacial score (nSPS) is 13.5. The number of aromatic nitrogens is 2. The van der Waals surface area contributed by atoms with Crippen LogP contribution in [0.25, 0.3) is 0 Å². The van der Waals surface area contributed by atoms with Crippen molar-refractivity contribution in [3.05, 3.63) is 47.8 Å². The maximum absolute atomic E-state index is 5.71. The molecule has 0 amide bonds. The molecule has 1 aromatic heterocycles. The molecule has 0 spiro atoms. The molecule has 0 atom stereocenters. The molecule has 0 radical (unpaired) electrons. The number of hydrogen-bond donors (Lipinski definition) is 1. The van der Waals surface area contributed by atoms with E-state index in [2.05, 4.69) is 53.3 Å². The topological polar surface area (TPSA) is 50.3 Å². The molecule has 0 saturated heterocycles. The fourth-order valence-corrected chi connectivity index (χ4v) is 2.50. The predicted octanol–water partition coefficient (Wildman–Crippen LogP) is 2.80. The maximum Gasteiger partial charge on any atom is 0.239 e. The Hall–Kier alpha value is -1.85. The van der Waals surface area contributed by atoms with Crippen LogP contribution in [0.1, 0.15) is 25.1 Å². The number of fused-ring (bicyclic) bond motifs is 1. The minimum Gasteiger partial charge on any atom is -0.475 e. The van der Waals surface area contributed by atoms with E-state index in [-0.39, 0.29) is 12.4 Å². The smallest absolute Gasteiger partial charge is 0.239 e. The van der Waals surface area contributed by atoms with Gasteiger partial charge in [0.2, 0.25) is 5.88 Å². The lowest BCUT2D eigenvalue weighted by Crippen LogP contribution is -2.31. The highest BCUT2D eigenvalue weighted by molar-refractivity contribution is 5.85. The Balaban J connectivity index is 0.00000192.